The number of benzene rings is 1. The molecule has 27 heavy (non-hydrogen) atoms. The maximum absolute atomic E-state index is 12.5. The van der Waals surface area contributed by atoms with Crippen LogP contribution in [-0.4, -0.2) is 46.2 Å². The van der Waals surface area contributed by atoms with E-state index in [0.29, 0.717) is 5.57 Å². The molecule has 0 atom stereocenters. The minimum atomic E-state index is -0.952. The summed E-state index contributed by atoms with van der Waals surface area (Å²) in [5, 5.41) is 9.16. The summed E-state index contributed by atoms with van der Waals surface area (Å²) >= 11 is 0. The summed E-state index contributed by atoms with van der Waals surface area (Å²) in [6.45, 7) is 8.61. The number of carbonyl (C=O) groups is 2. The van der Waals surface area contributed by atoms with Crippen LogP contribution in [-0.2, 0) is 14.3 Å². The van der Waals surface area contributed by atoms with Gasteiger partial charge in [0.2, 0.25) is 0 Å². The van der Waals surface area contributed by atoms with Gasteiger partial charge in [-0.3, -0.25) is 14.5 Å². The topological polar surface area (TPSA) is 66.8 Å². The van der Waals surface area contributed by atoms with Crippen LogP contribution in [0.3, 0.4) is 0 Å². The van der Waals surface area contributed by atoms with Gasteiger partial charge in [-0.05, 0) is 45.9 Å². The lowest BCUT2D eigenvalue weighted by Gasteiger charge is -2.53. The van der Waals surface area contributed by atoms with E-state index in [1.54, 1.807) is 6.08 Å². The Labute approximate surface area is 162 Å². The van der Waals surface area contributed by atoms with Gasteiger partial charge in [0, 0.05) is 23.9 Å². The van der Waals surface area contributed by atoms with Gasteiger partial charge in [0.1, 0.15) is 6.10 Å². The van der Waals surface area contributed by atoms with Gasteiger partial charge in [-0.2, -0.15) is 0 Å². The van der Waals surface area contributed by atoms with Crippen molar-refractivity contribution in [2.45, 2.75) is 70.6 Å². The van der Waals surface area contributed by atoms with Crippen molar-refractivity contribution in [3.05, 3.63) is 41.5 Å². The molecule has 148 valence electrons. The summed E-state index contributed by atoms with van der Waals surface area (Å²) < 4.78 is 5.76. The van der Waals surface area contributed by atoms with Gasteiger partial charge in [0.15, 0.2) is 0 Å². The highest BCUT2D eigenvalue weighted by molar-refractivity contribution is 5.79. The first-order valence-corrected chi connectivity index (χ1v) is 9.39. The molecule has 1 fully saturated rings. The minimum Gasteiger partial charge on any atom is -0.481 e. The van der Waals surface area contributed by atoms with Crippen molar-refractivity contribution in [2.24, 2.45) is 0 Å². The molecule has 1 aliphatic rings. The van der Waals surface area contributed by atoms with E-state index in [1.807, 2.05) is 30.3 Å². The van der Waals surface area contributed by atoms with Crippen molar-refractivity contribution in [2.75, 3.05) is 7.05 Å². The van der Waals surface area contributed by atoms with Gasteiger partial charge in [-0.15, -0.1) is 0 Å². The third-order valence-corrected chi connectivity index (χ3v) is 5.49. The van der Waals surface area contributed by atoms with Gasteiger partial charge in [-0.25, -0.2) is 0 Å². The van der Waals surface area contributed by atoms with E-state index in [0.717, 1.165) is 18.4 Å². The number of hydrogen-bond acceptors (Lipinski definition) is 4. The number of carbonyl (C=O) groups excluding carboxylic acids is 1. The molecule has 0 saturated carbocycles. The maximum atomic E-state index is 12.5. The van der Waals surface area contributed by atoms with Crippen molar-refractivity contribution < 1.29 is 19.4 Å². The van der Waals surface area contributed by atoms with Crippen LogP contribution in [0.4, 0.5) is 0 Å². The fourth-order valence-electron chi connectivity index (χ4n) is 3.92. The molecule has 1 saturated heterocycles. The van der Waals surface area contributed by atoms with E-state index in [4.69, 9.17) is 9.84 Å². The number of carboxylic acids is 1. The Hall–Kier alpha value is -2.14. The van der Waals surface area contributed by atoms with Crippen LogP contribution >= 0.6 is 0 Å². The standard InChI is InChI=1S/C22H31NO4/c1-21(2)14-18(15-22(3,4)23(21)5)27-20(26)13-17(12-19(24)25)11-16-9-7-6-8-10-16/h6-11,18H,12-15H2,1-5H3,(H,24,25). The Morgan fingerprint density at radius 3 is 2.19 bits per heavy atom. The summed E-state index contributed by atoms with van der Waals surface area (Å²) in [4.78, 5) is 26.0. The van der Waals surface area contributed by atoms with Crippen LogP contribution in [0.2, 0.25) is 0 Å². The van der Waals surface area contributed by atoms with Gasteiger partial charge < -0.3 is 9.84 Å². The van der Waals surface area contributed by atoms with Gasteiger partial charge in [-0.1, -0.05) is 36.4 Å². The number of carboxylic acid groups (broad SMARTS) is 1. The fraction of sp³-hybridized carbons (Fsp3) is 0.545. The number of aliphatic carboxylic acids is 1. The molecule has 0 spiro atoms. The predicted octanol–water partition coefficient (Wildman–Crippen LogP) is 4.13. The van der Waals surface area contributed by atoms with Crippen molar-refractivity contribution in [3.8, 4) is 0 Å². The summed E-state index contributed by atoms with van der Waals surface area (Å²) in [6, 6.07) is 9.42. The zero-order valence-corrected chi connectivity index (χ0v) is 17.0. The third kappa shape index (κ3) is 5.93. The van der Waals surface area contributed by atoms with E-state index < -0.39 is 5.97 Å². The maximum Gasteiger partial charge on any atom is 0.310 e. The number of rotatable bonds is 6. The summed E-state index contributed by atoms with van der Waals surface area (Å²) in [5.41, 5.74) is 1.28. The largest absolute Gasteiger partial charge is 0.481 e. The molecule has 0 radical (unpaired) electrons. The smallest absolute Gasteiger partial charge is 0.310 e. The molecule has 0 aromatic heterocycles. The molecule has 0 bridgehead atoms. The Morgan fingerprint density at radius 1 is 1.11 bits per heavy atom. The molecule has 5 heteroatoms. The first-order valence-electron chi connectivity index (χ1n) is 9.39. The van der Waals surface area contributed by atoms with Crippen molar-refractivity contribution in [1.29, 1.82) is 0 Å². The third-order valence-electron chi connectivity index (χ3n) is 5.49. The van der Waals surface area contributed by atoms with Crippen LogP contribution < -0.4 is 0 Å². The second-order valence-corrected chi connectivity index (χ2v) is 8.66. The normalized spacial score (nSPS) is 20.3. The minimum absolute atomic E-state index is 0.00556. The van der Waals surface area contributed by atoms with Crippen molar-refractivity contribution >= 4 is 18.0 Å². The second-order valence-electron chi connectivity index (χ2n) is 8.66. The molecule has 0 amide bonds. The number of ether oxygens (including phenoxy) is 1. The number of nitrogens with zero attached hydrogens (tertiary/aromatic N) is 1. The molecule has 5 nitrogen and oxygen atoms in total. The van der Waals surface area contributed by atoms with Crippen molar-refractivity contribution in [1.82, 2.24) is 4.90 Å². The Balaban J connectivity index is 2.07. The van der Waals surface area contributed by atoms with E-state index in [2.05, 4.69) is 39.6 Å². The Morgan fingerprint density at radius 2 is 1.67 bits per heavy atom. The van der Waals surface area contributed by atoms with Crippen LogP contribution in [0, 0.1) is 0 Å². The highest BCUT2D eigenvalue weighted by Gasteiger charge is 2.44. The number of piperidine rings is 1. The van der Waals surface area contributed by atoms with Crippen LogP contribution in [0.5, 0.6) is 0 Å². The van der Waals surface area contributed by atoms with Gasteiger partial charge >= 0.3 is 11.9 Å². The van der Waals surface area contributed by atoms with E-state index in [-0.39, 0.29) is 36.0 Å². The lowest BCUT2D eigenvalue weighted by molar-refractivity contribution is -0.158. The highest BCUT2D eigenvalue weighted by atomic mass is 16.5. The van der Waals surface area contributed by atoms with E-state index in [9.17, 15) is 9.59 Å². The van der Waals surface area contributed by atoms with Gasteiger partial charge in [0.05, 0.1) is 12.8 Å². The first kappa shape index (κ1) is 21.2. The van der Waals surface area contributed by atoms with E-state index >= 15 is 0 Å². The Bertz CT molecular complexity index is 688. The van der Waals surface area contributed by atoms with Crippen LogP contribution in [0.25, 0.3) is 6.08 Å². The number of likely N-dealkylation sites (tertiary alicyclic amines) is 1. The first-order chi connectivity index (χ1) is 12.5. The van der Waals surface area contributed by atoms with Crippen LogP contribution in [0.1, 0.15) is 58.9 Å². The molecule has 0 unspecified atom stereocenters. The fourth-order valence-corrected chi connectivity index (χ4v) is 3.92. The number of hydrogen-bond donors (Lipinski definition) is 1. The van der Waals surface area contributed by atoms with Gasteiger partial charge in [0.25, 0.3) is 0 Å². The molecule has 0 aliphatic carbocycles. The molecule has 1 aromatic carbocycles. The second kappa shape index (κ2) is 8.26. The summed E-state index contributed by atoms with van der Waals surface area (Å²) in [6.07, 6.45) is 2.94. The molecule has 1 aromatic rings. The molecule has 1 aliphatic heterocycles. The van der Waals surface area contributed by atoms with E-state index in [1.165, 1.54) is 0 Å². The SMILES string of the molecule is CN1C(C)(C)CC(OC(=O)CC(=Cc2ccccc2)CC(=O)O)CC1(C)C. The number of esters is 1. The molecule has 1 heterocycles. The predicted molar refractivity (Wildman–Crippen MR) is 106 cm³/mol. The lowest BCUT2D eigenvalue weighted by Crippen LogP contribution is -2.60. The molecule has 1 N–H and O–H groups in total. The Kier molecular flexibility index (Phi) is 6.47. The molecule has 2 rings (SSSR count). The molecular weight excluding hydrogens is 342 g/mol. The summed E-state index contributed by atoms with van der Waals surface area (Å²) in [7, 11) is 2.10. The quantitative estimate of drug-likeness (QED) is 0.760. The highest BCUT2D eigenvalue weighted by Crippen LogP contribution is 2.38. The zero-order valence-electron chi connectivity index (χ0n) is 17.0. The van der Waals surface area contributed by atoms with Crippen molar-refractivity contribution in [3.63, 3.8) is 0 Å². The van der Waals surface area contributed by atoms with Crippen LogP contribution in [0.15, 0.2) is 35.9 Å². The monoisotopic (exact) mass is 373 g/mol. The lowest BCUT2D eigenvalue weighted by atomic mass is 9.79. The average Bonchev–Trinajstić information content (AvgIpc) is 2.52. The zero-order chi connectivity index (χ0) is 20.2. The average molecular weight is 373 g/mol. The molecular formula is C22H31NO4. The summed E-state index contributed by atoms with van der Waals surface area (Å²) in [5.74, 6) is -1.31.